The number of likely N-dealkylation sites (N-methyl/N-ethyl adjacent to an activating group) is 1. The lowest BCUT2D eigenvalue weighted by molar-refractivity contribution is -0.121. The Labute approximate surface area is 115 Å². The van der Waals surface area contributed by atoms with Gasteiger partial charge in [-0.15, -0.1) is 0 Å². The lowest BCUT2D eigenvalue weighted by atomic mass is 9.95. The van der Waals surface area contributed by atoms with Gasteiger partial charge in [-0.2, -0.15) is 0 Å². The fourth-order valence-corrected chi connectivity index (χ4v) is 2.00. The molecule has 1 aromatic rings. The summed E-state index contributed by atoms with van der Waals surface area (Å²) in [5, 5.41) is 5.87. The highest BCUT2D eigenvalue weighted by Crippen LogP contribution is 2.21. The van der Waals surface area contributed by atoms with Crippen LogP contribution in [0.2, 0.25) is 0 Å². The van der Waals surface area contributed by atoms with Crippen molar-refractivity contribution >= 4 is 5.91 Å². The summed E-state index contributed by atoms with van der Waals surface area (Å²) in [6, 6.07) is 7.98. The summed E-state index contributed by atoms with van der Waals surface area (Å²) in [5.41, 5.74) is 0.940. The van der Waals surface area contributed by atoms with E-state index in [2.05, 4.69) is 16.7 Å². The molecule has 0 aromatic heterocycles. The third-order valence-electron chi connectivity index (χ3n) is 3.03. The molecule has 0 spiro atoms. The van der Waals surface area contributed by atoms with Gasteiger partial charge in [0.25, 0.3) is 0 Å². The van der Waals surface area contributed by atoms with Crippen molar-refractivity contribution in [2.45, 2.75) is 32.2 Å². The van der Waals surface area contributed by atoms with Crippen LogP contribution in [0.1, 0.15) is 25.8 Å². The van der Waals surface area contributed by atoms with Gasteiger partial charge in [0, 0.05) is 5.54 Å². The van der Waals surface area contributed by atoms with Crippen LogP contribution in [0, 0.1) is 0 Å². The van der Waals surface area contributed by atoms with Crippen LogP contribution in [0.5, 0.6) is 5.75 Å². The molecular weight excluding hydrogens is 240 g/mol. The molecule has 0 fully saturated rings. The van der Waals surface area contributed by atoms with E-state index in [1.165, 1.54) is 5.56 Å². The van der Waals surface area contributed by atoms with Crippen LogP contribution in [0.3, 0.4) is 0 Å². The number of nitrogens with one attached hydrogen (secondary N) is 2. The lowest BCUT2D eigenvalue weighted by Crippen LogP contribution is -2.46. The molecule has 2 N–H and O–H groups in total. The first-order valence-corrected chi connectivity index (χ1v) is 6.56. The Morgan fingerprint density at radius 1 is 1.32 bits per heavy atom. The molecule has 19 heavy (non-hydrogen) atoms. The third-order valence-corrected chi connectivity index (χ3v) is 3.03. The van der Waals surface area contributed by atoms with Gasteiger partial charge in [-0.05, 0) is 45.4 Å². The molecule has 0 aliphatic heterocycles. The zero-order valence-corrected chi connectivity index (χ0v) is 12.2. The van der Waals surface area contributed by atoms with Crippen molar-refractivity contribution in [3.05, 3.63) is 29.8 Å². The van der Waals surface area contributed by atoms with Crippen molar-refractivity contribution < 1.29 is 9.53 Å². The molecule has 0 aliphatic rings. The van der Waals surface area contributed by atoms with Crippen LogP contribution in [-0.2, 0) is 11.2 Å². The van der Waals surface area contributed by atoms with Gasteiger partial charge >= 0.3 is 0 Å². The van der Waals surface area contributed by atoms with Crippen molar-refractivity contribution in [2.24, 2.45) is 0 Å². The van der Waals surface area contributed by atoms with E-state index in [9.17, 15) is 4.79 Å². The Hall–Kier alpha value is -1.55. The molecule has 0 heterocycles. The molecule has 0 aliphatic carbocycles. The zero-order chi connectivity index (χ0) is 14.3. The second-order valence-electron chi connectivity index (χ2n) is 5.27. The molecule has 0 atom stereocenters. The molecule has 0 saturated heterocycles. The number of benzene rings is 1. The molecule has 4 heteroatoms. The van der Waals surface area contributed by atoms with Crippen LogP contribution in [0.25, 0.3) is 0 Å². The Morgan fingerprint density at radius 2 is 2.00 bits per heavy atom. The monoisotopic (exact) mass is 264 g/mol. The number of para-hydroxylation sites is 1. The van der Waals surface area contributed by atoms with Gasteiger partial charge < -0.3 is 15.4 Å². The summed E-state index contributed by atoms with van der Waals surface area (Å²) >= 11 is 0. The van der Waals surface area contributed by atoms with Gasteiger partial charge in [-0.1, -0.05) is 18.2 Å². The van der Waals surface area contributed by atoms with E-state index in [4.69, 9.17) is 4.74 Å². The highest BCUT2D eigenvalue weighted by Gasteiger charge is 2.20. The Balaban J connectivity index is 2.57. The number of amides is 1. The van der Waals surface area contributed by atoms with Gasteiger partial charge in [0.2, 0.25) is 5.91 Å². The molecule has 4 nitrogen and oxygen atoms in total. The minimum Gasteiger partial charge on any atom is -0.496 e. The third kappa shape index (κ3) is 5.30. The number of carbonyl (C=O) groups is 1. The maximum absolute atomic E-state index is 11.6. The molecule has 0 radical (unpaired) electrons. The van der Waals surface area contributed by atoms with Crippen LogP contribution in [-0.4, -0.2) is 32.1 Å². The van der Waals surface area contributed by atoms with Crippen LogP contribution < -0.4 is 15.4 Å². The largest absolute Gasteiger partial charge is 0.496 e. The van der Waals surface area contributed by atoms with Gasteiger partial charge in [0.1, 0.15) is 5.75 Å². The maximum Gasteiger partial charge on any atom is 0.234 e. The van der Waals surface area contributed by atoms with Gasteiger partial charge in [0.05, 0.1) is 13.7 Å². The number of ether oxygens (including phenoxy) is 1. The summed E-state index contributed by atoms with van der Waals surface area (Å²) in [6.45, 7) is 4.42. The van der Waals surface area contributed by atoms with Crippen molar-refractivity contribution in [1.29, 1.82) is 0 Å². The first kappa shape index (κ1) is 15.5. The Morgan fingerprint density at radius 3 is 2.63 bits per heavy atom. The van der Waals surface area contributed by atoms with E-state index in [1.807, 2.05) is 32.0 Å². The molecule has 1 aromatic carbocycles. The highest BCUT2D eigenvalue weighted by molar-refractivity contribution is 5.78. The normalized spacial score (nSPS) is 11.2. The van der Waals surface area contributed by atoms with E-state index in [0.29, 0.717) is 6.54 Å². The number of aryl methyl sites for hydroxylation is 1. The number of hydrogen-bond acceptors (Lipinski definition) is 3. The minimum absolute atomic E-state index is 0.0209. The smallest absolute Gasteiger partial charge is 0.234 e. The first-order chi connectivity index (χ1) is 8.98. The van der Waals surface area contributed by atoms with Crippen LogP contribution in [0.4, 0.5) is 0 Å². The van der Waals surface area contributed by atoms with E-state index in [1.54, 1.807) is 14.2 Å². The standard InChI is InChI=1S/C15H24N2O2/c1-15(2,17-14(18)11-16-3)10-9-12-7-5-6-8-13(12)19-4/h5-8,16H,9-11H2,1-4H3,(H,17,18). The van der Waals surface area contributed by atoms with Crippen molar-refractivity contribution in [1.82, 2.24) is 10.6 Å². The summed E-state index contributed by atoms with van der Waals surface area (Å²) < 4.78 is 5.33. The number of rotatable bonds is 7. The van der Waals surface area contributed by atoms with Crippen LogP contribution in [0.15, 0.2) is 24.3 Å². The fraction of sp³-hybridized carbons (Fsp3) is 0.533. The van der Waals surface area contributed by atoms with E-state index >= 15 is 0 Å². The number of hydrogen-bond donors (Lipinski definition) is 2. The summed E-state index contributed by atoms with van der Waals surface area (Å²) in [4.78, 5) is 11.6. The molecule has 0 saturated carbocycles. The molecule has 1 rings (SSSR count). The summed E-state index contributed by atoms with van der Waals surface area (Å²) in [7, 11) is 3.44. The van der Waals surface area contributed by atoms with Gasteiger partial charge in [0.15, 0.2) is 0 Å². The van der Waals surface area contributed by atoms with E-state index in [-0.39, 0.29) is 11.4 Å². The SMILES string of the molecule is CNCC(=O)NC(C)(C)CCc1ccccc1OC. The van der Waals surface area contributed by atoms with Gasteiger partial charge in [-0.3, -0.25) is 4.79 Å². The number of methoxy groups -OCH3 is 1. The average Bonchev–Trinajstić information content (AvgIpc) is 2.36. The second-order valence-corrected chi connectivity index (χ2v) is 5.27. The van der Waals surface area contributed by atoms with Crippen molar-refractivity contribution in [2.75, 3.05) is 20.7 Å². The minimum atomic E-state index is -0.227. The Bertz CT molecular complexity index is 416. The molecule has 106 valence electrons. The molecule has 1 amide bonds. The Kier molecular flexibility index (Phi) is 5.83. The summed E-state index contributed by atoms with van der Waals surface area (Å²) in [6.07, 6.45) is 1.74. The van der Waals surface area contributed by atoms with Crippen molar-refractivity contribution in [3.63, 3.8) is 0 Å². The second kappa shape index (κ2) is 7.14. The fourth-order valence-electron chi connectivity index (χ4n) is 2.00. The van der Waals surface area contributed by atoms with Gasteiger partial charge in [-0.25, -0.2) is 0 Å². The molecule has 0 bridgehead atoms. The predicted octanol–water partition coefficient (Wildman–Crippen LogP) is 1.74. The highest BCUT2D eigenvalue weighted by atomic mass is 16.5. The van der Waals surface area contributed by atoms with Crippen LogP contribution >= 0.6 is 0 Å². The van der Waals surface area contributed by atoms with Crippen molar-refractivity contribution in [3.8, 4) is 5.75 Å². The quantitative estimate of drug-likeness (QED) is 0.788. The van der Waals surface area contributed by atoms with E-state index in [0.717, 1.165) is 18.6 Å². The molecular formula is C15H24N2O2. The first-order valence-electron chi connectivity index (χ1n) is 6.56. The predicted molar refractivity (Wildman–Crippen MR) is 77.5 cm³/mol. The number of carbonyl (C=O) groups excluding carboxylic acids is 1. The lowest BCUT2D eigenvalue weighted by Gasteiger charge is -2.26. The average molecular weight is 264 g/mol. The zero-order valence-electron chi connectivity index (χ0n) is 12.2. The maximum atomic E-state index is 11.6. The van der Waals surface area contributed by atoms with E-state index < -0.39 is 0 Å². The topological polar surface area (TPSA) is 50.4 Å². The summed E-state index contributed by atoms with van der Waals surface area (Å²) in [5.74, 6) is 0.923. The molecule has 0 unspecified atom stereocenters.